The van der Waals surface area contributed by atoms with Crippen LogP contribution in [-0.4, -0.2) is 40.6 Å². The topological polar surface area (TPSA) is 111 Å². The predicted molar refractivity (Wildman–Crippen MR) is 72.6 cm³/mol. The van der Waals surface area contributed by atoms with Crippen molar-refractivity contribution >= 4 is 17.6 Å². The number of aromatic nitrogens is 6. The molecule has 106 valence electrons. The maximum absolute atomic E-state index is 10.8. The van der Waals surface area contributed by atoms with Crippen molar-refractivity contribution < 1.29 is 9.90 Å². The van der Waals surface area contributed by atoms with Crippen LogP contribution in [0.25, 0.3) is 5.82 Å². The van der Waals surface area contributed by atoms with E-state index in [1.807, 2.05) is 0 Å². The molecule has 0 aromatic carbocycles. The first-order valence-corrected chi connectivity index (χ1v) is 5.99. The second-order valence-electron chi connectivity index (χ2n) is 4.24. The normalized spacial score (nSPS) is 10.5. The van der Waals surface area contributed by atoms with E-state index in [-0.39, 0.29) is 5.56 Å². The van der Waals surface area contributed by atoms with Gasteiger partial charge in [0, 0.05) is 31.7 Å². The molecule has 21 heavy (non-hydrogen) atoms. The van der Waals surface area contributed by atoms with E-state index in [1.165, 1.54) is 17.1 Å². The number of carboxylic acids is 1. The van der Waals surface area contributed by atoms with Gasteiger partial charge in [0.15, 0.2) is 5.82 Å². The quantitative estimate of drug-likeness (QED) is 0.730. The van der Waals surface area contributed by atoms with Gasteiger partial charge in [0.2, 0.25) is 5.95 Å². The molecule has 9 heteroatoms. The first-order chi connectivity index (χ1) is 10.1. The summed E-state index contributed by atoms with van der Waals surface area (Å²) in [7, 11) is 1.81. The first kappa shape index (κ1) is 12.8. The Labute approximate surface area is 118 Å². The SMILES string of the molecule is Cn1cc(Nc2nccc(-n3cc(C(=O)O)cn3)n2)cn1. The number of aryl methyl sites for hydroxylation is 1. The molecule has 3 heterocycles. The molecule has 0 saturated heterocycles. The minimum atomic E-state index is -1.04. The van der Waals surface area contributed by atoms with Crippen molar-refractivity contribution in [1.82, 2.24) is 29.5 Å². The zero-order valence-corrected chi connectivity index (χ0v) is 11.0. The molecule has 2 N–H and O–H groups in total. The Morgan fingerprint density at radius 3 is 2.81 bits per heavy atom. The second-order valence-corrected chi connectivity index (χ2v) is 4.24. The highest BCUT2D eigenvalue weighted by molar-refractivity contribution is 5.86. The molecule has 3 rings (SSSR count). The molecule has 0 bridgehead atoms. The van der Waals surface area contributed by atoms with Crippen molar-refractivity contribution in [2.75, 3.05) is 5.32 Å². The van der Waals surface area contributed by atoms with E-state index in [1.54, 1.807) is 36.4 Å². The van der Waals surface area contributed by atoms with Gasteiger partial charge in [-0.25, -0.2) is 14.5 Å². The number of carbonyl (C=O) groups is 1. The number of aromatic carboxylic acids is 1. The van der Waals surface area contributed by atoms with Crippen LogP contribution in [0.3, 0.4) is 0 Å². The average Bonchev–Trinajstić information content (AvgIpc) is 3.08. The summed E-state index contributed by atoms with van der Waals surface area (Å²) in [5, 5.41) is 19.9. The van der Waals surface area contributed by atoms with Crippen molar-refractivity contribution in [3.63, 3.8) is 0 Å². The molecule has 0 aliphatic heterocycles. The second kappa shape index (κ2) is 5.04. The van der Waals surface area contributed by atoms with Crippen LogP contribution in [-0.2, 0) is 7.05 Å². The third-order valence-electron chi connectivity index (χ3n) is 2.67. The number of nitrogens with zero attached hydrogens (tertiary/aromatic N) is 6. The minimum Gasteiger partial charge on any atom is -0.478 e. The zero-order chi connectivity index (χ0) is 14.8. The maximum Gasteiger partial charge on any atom is 0.338 e. The number of carboxylic acid groups (broad SMARTS) is 1. The first-order valence-electron chi connectivity index (χ1n) is 5.99. The largest absolute Gasteiger partial charge is 0.478 e. The van der Waals surface area contributed by atoms with Crippen molar-refractivity contribution in [1.29, 1.82) is 0 Å². The Morgan fingerprint density at radius 2 is 2.14 bits per heavy atom. The molecule has 3 aromatic heterocycles. The van der Waals surface area contributed by atoms with Gasteiger partial charge in [0.1, 0.15) is 0 Å². The van der Waals surface area contributed by atoms with Crippen molar-refractivity contribution in [2.45, 2.75) is 0 Å². The summed E-state index contributed by atoms with van der Waals surface area (Å²) in [5.41, 5.74) is 0.844. The Kier molecular flexibility index (Phi) is 3.07. The van der Waals surface area contributed by atoms with Crippen molar-refractivity contribution in [2.24, 2.45) is 7.05 Å². The molecule has 0 aliphatic rings. The third kappa shape index (κ3) is 2.71. The van der Waals surface area contributed by atoms with Gasteiger partial charge in [-0.3, -0.25) is 4.68 Å². The highest BCUT2D eigenvalue weighted by Gasteiger charge is 2.09. The monoisotopic (exact) mass is 285 g/mol. The van der Waals surface area contributed by atoms with Crippen LogP contribution in [0.2, 0.25) is 0 Å². The summed E-state index contributed by atoms with van der Waals surface area (Å²) in [5.74, 6) is -0.208. The van der Waals surface area contributed by atoms with E-state index in [2.05, 4.69) is 25.5 Å². The molecule has 0 atom stereocenters. The molecule has 0 unspecified atom stereocenters. The standard InChI is InChI=1S/C12H11N7O2/c1-18-7-9(5-14-18)16-12-13-3-2-10(17-12)19-6-8(4-15-19)11(20)21/h2-7H,1H3,(H,20,21)(H,13,16,17). The summed E-state index contributed by atoms with van der Waals surface area (Å²) in [6.07, 6.45) is 7.64. The average molecular weight is 285 g/mol. The van der Waals surface area contributed by atoms with E-state index in [9.17, 15) is 4.79 Å². The van der Waals surface area contributed by atoms with Gasteiger partial charge in [0.25, 0.3) is 0 Å². The van der Waals surface area contributed by atoms with Crippen LogP contribution >= 0.6 is 0 Å². The molecular formula is C12H11N7O2. The highest BCUT2D eigenvalue weighted by Crippen LogP contribution is 2.12. The Bertz CT molecular complexity index is 792. The molecular weight excluding hydrogens is 274 g/mol. The number of anilines is 2. The minimum absolute atomic E-state index is 0.0929. The number of hydrogen-bond acceptors (Lipinski definition) is 6. The summed E-state index contributed by atoms with van der Waals surface area (Å²) < 4.78 is 3.03. The lowest BCUT2D eigenvalue weighted by Crippen LogP contribution is -2.03. The number of rotatable bonds is 4. The van der Waals surface area contributed by atoms with Crippen LogP contribution in [0, 0.1) is 0 Å². The summed E-state index contributed by atoms with van der Waals surface area (Å²) >= 11 is 0. The van der Waals surface area contributed by atoms with Crippen LogP contribution in [0.1, 0.15) is 10.4 Å². The summed E-state index contributed by atoms with van der Waals surface area (Å²) in [6, 6.07) is 1.63. The molecule has 0 radical (unpaired) electrons. The fourth-order valence-corrected chi connectivity index (χ4v) is 1.71. The molecule has 0 aliphatic carbocycles. The highest BCUT2D eigenvalue weighted by atomic mass is 16.4. The maximum atomic E-state index is 10.8. The Morgan fingerprint density at radius 1 is 1.29 bits per heavy atom. The van der Waals surface area contributed by atoms with Gasteiger partial charge < -0.3 is 10.4 Å². The Hall–Kier alpha value is -3.23. The molecule has 9 nitrogen and oxygen atoms in total. The van der Waals surface area contributed by atoms with Gasteiger partial charge >= 0.3 is 5.97 Å². The van der Waals surface area contributed by atoms with Crippen molar-refractivity contribution in [3.8, 4) is 5.82 Å². The van der Waals surface area contributed by atoms with E-state index >= 15 is 0 Å². The lowest BCUT2D eigenvalue weighted by atomic mass is 10.4. The van der Waals surface area contributed by atoms with Crippen LogP contribution in [0.15, 0.2) is 37.1 Å². The smallest absolute Gasteiger partial charge is 0.338 e. The molecule has 0 amide bonds. The molecule has 3 aromatic rings. The van der Waals surface area contributed by atoms with Gasteiger partial charge in [-0.15, -0.1) is 0 Å². The molecule has 0 fully saturated rings. The molecule has 0 spiro atoms. The van der Waals surface area contributed by atoms with Crippen molar-refractivity contribution in [3.05, 3.63) is 42.6 Å². The van der Waals surface area contributed by atoms with Crippen LogP contribution < -0.4 is 5.32 Å². The van der Waals surface area contributed by atoms with Gasteiger partial charge in [-0.05, 0) is 0 Å². The van der Waals surface area contributed by atoms with E-state index < -0.39 is 5.97 Å². The number of hydrogen-bond donors (Lipinski definition) is 2. The van der Waals surface area contributed by atoms with Crippen LogP contribution in [0.4, 0.5) is 11.6 Å². The van der Waals surface area contributed by atoms with Gasteiger partial charge in [0.05, 0.1) is 23.6 Å². The van der Waals surface area contributed by atoms with Crippen LogP contribution in [0.5, 0.6) is 0 Å². The lowest BCUT2D eigenvalue weighted by Gasteiger charge is -2.04. The Balaban J connectivity index is 1.86. The number of nitrogens with one attached hydrogen (secondary N) is 1. The fourth-order valence-electron chi connectivity index (χ4n) is 1.71. The summed E-state index contributed by atoms with van der Waals surface area (Å²) in [6.45, 7) is 0. The van der Waals surface area contributed by atoms with E-state index in [0.717, 1.165) is 5.69 Å². The third-order valence-corrected chi connectivity index (χ3v) is 2.67. The molecule has 0 saturated carbocycles. The lowest BCUT2D eigenvalue weighted by molar-refractivity contribution is 0.0697. The zero-order valence-electron chi connectivity index (χ0n) is 11.0. The predicted octanol–water partition coefficient (Wildman–Crippen LogP) is 0.838. The van der Waals surface area contributed by atoms with Gasteiger partial charge in [-0.1, -0.05) is 0 Å². The van der Waals surface area contributed by atoms with E-state index in [0.29, 0.717) is 11.8 Å². The van der Waals surface area contributed by atoms with E-state index in [4.69, 9.17) is 5.11 Å². The van der Waals surface area contributed by atoms with Gasteiger partial charge in [-0.2, -0.15) is 15.2 Å². The summed E-state index contributed by atoms with van der Waals surface area (Å²) in [4.78, 5) is 19.2. The fraction of sp³-hybridized carbons (Fsp3) is 0.0833.